The lowest BCUT2D eigenvalue weighted by molar-refractivity contribution is 0.185. The van der Waals surface area contributed by atoms with Crippen molar-refractivity contribution in [3.63, 3.8) is 0 Å². The first-order valence-electron chi connectivity index (χ1n) is 7.43. The topological polar surface area (TPSA) is 37.9 Å². The molecule has 3 heteroatoms. The molecule has 21 heavy (non-hydrogen) atoms. The Morgan fingerprint density at radius 3 is 2.57 bits per heavy atom. The number of nitrogens with zero attached hydrogens (tertiary/aromatic N) is 1. The lowest BCUT2D eigenvalue weighted by Gasteiger charge is -2.20. The smallest absolute Gasteiger partial charge is 0.0720 e. The second-order valence-electron chi connectivity index (χ2n) is 6.93. The molecule has 1 N–H and O–H groups in total. The molecule has 0 saturated heterocycles. The molecule has 2 aromatic rings. The summed E-state index contributed by atoms with van der Waals surface area (Å²) in [6.07, 6.45) is 4.80. The van der Waals surface area contributed by atoms with Crippen molar-refractivity contribution in [3.8, 4) is 11.3 Å². The number of aryl methyl sites for hydroxylation is 1. The third-order valence-corrected chi connectivity index (χ3v) is 3.82. The van der Waals surface area contributed by atoms with E-state index in [1.807, 2.05) is 18.5 Å². The van der Waals surface area contributed by atoms with Gasteiger partial charge >= 0.3 is 0 Å². The summed E-state index contributed by atoms with van der Waals surface area (Å²) in [6, 6.07) is 2.03. The highest BCUT2D eigenvalue weighted by atomic mass is 16.5. The monoisotopic (exact) mass is 286 g/mol. The minimum Gasteiger partial charge on any atom is -0.380 e. The number of methoxy groups -OCH3 is 1. The van der Waals surface area contributed by atoms with E-state index in [4.69, 9.17) is 4.74 Å². The number of H-pyrrole nitrogens is 1. The van der Waals surface area contributed by atoms with E-state index >= 15 is 0 Å². The van der Waals surface area contributed by atoms with Gasteiger partial charge < -0.3 is 9.72 Å². The maximum atomic E-state index is 5.33. The van der Waals surface area contributed by atoms with E-state index in [0.29, 0.717) is 6.61 Å². The number of aromatic nitrogens is 2. The fourth-order valence-corrected chi connectivity index (χ4v) is 2.68. The van der Waals surface area contributed by atoms with Gasteiger partial charge in [-0.15, -0.1) is 0 Å². The molecule has 0 atom stereocenters. The standard InChI is InChI=1S/C18H26N2O/c1-12-13(2)20-17(15(12)9-18(3,4)5)16-10-19-8-7-14(16)11-21-6/h7-8,10,20H,9,11H2,1-6H3. The quantitative estimate of drug-likeness (QED) is 0.903. The first-order chi connectivity index (χ1) is 9.83. The highest BCUT2D eigenvalue weighted by Gasteiger charge is 2.21. The van der Waals surface area contributed by atoms with Crippen molar-refractivity contribution in [1.29, 1.82) is 0 Å². The average molecular weight is 286 g/mol. The van der Waals surface area contributed by atoms with Crippen molar-refractivity contribution in [2.45, 2.75) is 47.6 Å². The van der Waals surface area contributed by atoms with Gasteiger partial charge in [-0.25, -0.2) is 0 Å². The molecule has 0 fully saturated rings. The predicted octanol–water partition coefficient (Wildman–Crippen LogP) is 4.43. The van der Waals surface area contributed by atoms with Gasteiger partial charge in [0.25, 0.3) is 0 Å². The van der Waals surface area contributed by atoms with Crippen molar-refractivity contribution in [2.75, 3.05) is 7.11 Å². The number of pyridine rings is 1. The Bertz CT molecular complexity index is 621. The lowest BCUT2D eigenvalue weighted by Crippen LogP contribution is -2.10. The van der Waals surface area contributed by atoms with Crippen LogP contribution in [0.1, 0.15) is 43.2 Å². The van der Waals surface area contributed by atoms with Crippen LogP contribution in [-0.2, 0) is 17.8 Å². The Morgan fingerprint density at radius 1 is 1.24 bits per heavy atom. The largest absolute Gasteiger partial charge is 0.380 e. The molecule has 114 valence electrons. The maximum absolute atomic E-state index is 5.33. The van der Waals surface area contributed by atoms with Crippen LogP contribution < -0.4 is 0 Å². The second kappa shape index (κ2) is 6.02. The minimum absolute atomic E-state index is 0.248. The van der Waals surface area contributed by atoms with E-state index in [-0.39, 0.29) is 5.41 Å². The first-order valence-corrected chi connectivity index (χ1v) is 7.43. The lowest BCUT2D eigenvalue weighted by atomic mass is 9.85. The van der Waals surface area contributed by atoms with Crippen LogP contribution in [-0.4, -0.2) is 17.1 Å². The molecular formula is C18H26N2O. The zero-order valence-corrected chi connectivity index (χ0v) is 14.0. The van der Waals surface area contributed by atoms with Gasteiger partial charge in [0.1, 0.15) is 0 Å². The molecule has 0 unspecified atom stereocenters. The van der Waals surface area contributed by atoms with E-state index in [0.717, 1.165) is 12.0 Å². The summed E-state index contributed by atoms with van der Waals surface area (Å²) in [5, 5.41) is 0. The normalized spacial score (nSPS) is 11.9. The predicted molar refractivity (Wildman–Crippen MR) is 87.4 cm³/mol. The second-order valence-corrected chi connectivity index (χ2v) is 6.93. The van der Waals surface area contributed by atoms with Crippen molar-refractivity contribution in [1.82, 2.24) is 9.97 Å². The van der Waals surface area contributed by atoms with E-state index < -0.39 is 0 Å². The Balaban J connectivity index is 2.56. The first kappa shape index (κ1) is 15.8. The molecule has 0 aliphatic rings. The molecule has 0 saturated carbocycles. The number of hydrogen-bond acceptors (Lipinski definition) is 2. The van der Waals surface area contributed by atoms with Crippen LogP contribution >= 0.6 is 0 Å². The zero-order chi connectivity index (χ0) is 15.6. The van der Waals surface area contributed by atoms with Crippen LogP contribution in [0.2, 0.25) is 0 Å². The molecular weight excluding hydrogens is 260 g/mol. The number of hydrogen-bond donors (Lipinski definition) is 1. The molecule has 0 spiro atoms. The van der Waals surface area contributed by atoms with Gasteiger partial charge in [0, 0.05) is 30.8 Å². The van der Waals surface area contributed by atoms with E-state index in [1.165, 1.54) is 28.1 Å². The Hall–Kier alpha value is -1.61. The van der Waals surface area contributed by atoms with E-state index in [2.05, 4.69) is 44.6 Å². The molecule has 0 bridgehead atoms. The Morgan fingerprint density at radius 2 is 1.95 bits per heavy atom. The van der Waals surface area contributed by atoms with Crippen molar-refractivity contribution in [3.05, 3.63) is 40.8 Å². The molecule has 0 amide bonds. The van der Waals surface area contributed by atoms with Crippen molar-refractivity contribution in [2.24, 2.45) is 5.41 Å². The molecule has 0 aliphatic carbocycles. The molecule has 0 aromatic carbocycles. The summed E-state index contributed by atoms with van der Waals surface area (Å²) in [4.78, 5) is 7.86. The zero-order valence-electron chi connectivity index (χ0n) is 14.0. The fourth-order valence-electron chi connectivity index (χ4n) is 2.68. The van der Waals surface area contributed by atoms with Gasteiger partial charge in [0.2, 0.25) is 0 Å². The van der Waals surface area contributed by atoms with E-state index in [1.54, 1.807) is 7.11 Å². The number of ether oxygens (including phenoxy) is 1. The molecule has 2 rings (SSSR count). The summed E-state index contributed by atoms with van der Waals surface area (Å²) in [7, 11) is 1.73. The van der Waals surface area contributed by atoms with Crippen LogP contribution in [0.15, 0.2) is 18.5 Å². The number of rotatable bonds is 4. The SMILES string of the molecule is COCc1ccncc1-c1[nH]c(C)c(C)c1CC(C)(C)C. The highest BCUT2D eigenvalue weighted by Crippen LogP contribution is 2.34. The van der Waals surface area contributed by atoms with Crippen LogP contribution in [0.3, 0.4) is 0 Å². The van der Waals surface area contributed by atoms with Crippen LogP contribution in [0.4, 0.5) is 0 Å². The van der Waals surface area contributed by atoms with Gasteiger partial charge in [0.15, 0.2) is 0 Å². The van der Waals surface area contributed by atoms with Crippen molar-refractivity contribution >= 4 is 0 Å². The molecule has 0 aliphatic heterocycles. The Labute approximate surface area is 127 Å². The molecule has 2 heterocycles. The summed E-state index contributed by atoms with van der Waals surface area (Å²) in [5.74, 6) is 0. The molecule has 0 radical (unpaired) electrons. The van der Waals surface area contributed by atoms with Gasteiger partial charge in [-0.05, 0) is 48.4 Å². The molecule has 2 aromatic heterocycles. The van der Waals surface area contributed by atoms with Crippen LogP contribution in [0.25, 0.3) is 11.3 Å². The van der Waals surface area contributed by atoms with Crippen LogP contribution in [0, 0.1) is 19.3 Å². The summed E-state index contributed by atoms with van der Waals surface area (Å²) in [6.45, 7) is 11.8. The number of aromatic amines is 1. The van der Waals surface area contributed by atoms with Gasteiger partial charge in [-0.2, -0.15) is 0 Å². The summed E-state index contributed by atoms with van der Waals surface area (Å²) < 4.78 is 5.33. The van der Waals surface area contributed by atoms with Gasteiger partial charge in [0.05, 0.1) is 12.3 Å². The van der Waals surface area contributed by atoms with Gasteiger partial charge in [-0.3, -0.25) is 4.98 Å². The molecule has 3 nitrogen and oxygen atoms in total. The summed E-state index contributed by atoms with van der Waals surface area (Å²) >= 11 is 0. The minimum atomic E-state index is 0.248. The Kier molecular flexibility index (Phi) is 4.52. The third-order valence-electron chi connectivity index (χ3n) is 3.82. The summed E-state index contributed by atoms with van der Waals surface area (Å²) in [5.41, 5.74) is 7.74. The average Bonchev–Trinajstić information content (AvgIpc) is 2.66. The highest BCUT2D eigenvalue weighted by molar-refractivity contribution is 5.69. The number of nitrogens with one attached hydrogen (secondary N) is 1. The van der Waals surface area contributed by atoms with E-state index in [9.17, 15) is 0 Å². The van der Waals surface area contributed by atoms with Gasteiger partial charge in [-0.1, -0.05) is 20.8 Å². The third kappa shape index (κ3) is 3.53. The fraction of sp³-hybridized carbons (Fsp3) is 0.500. The van der Waals surface area contributed by atoms with Crippen LogP contribution in [0.5, 0.6) is 0 Å². The van der Waals surface area contributed by atoms with Crippen molar-refractivity contribution < 1.29 is 4.74 Å². The maximum Gasteiger partial charge on any atom is 0.0720 e.